The van der Waals surface area contributed by atoms with E-state index in [0.717, 1.165) is 78.6 Å². The molecule has 0 saturated carbocycles. The molecule has 6 N–H and O–H groups in total. The Hall–Kier alpha value is -4.98. The molecule has 0 bridgehead atoms. The summed E-state index contributed by atoms with van der Waals surface area (Å²) in [4.78, 5) is 25.9. The lowest BCUT2D eigenvalue weighted by Gasteiger charge is -2.15. The van der Waals surface area contributed by atoms with Crippen LogP contribution in [0.15, 0.2) is 84.9 Å². The molecule has 0 aliphatic rings. The molecular weight excluding hydrogens is 869 g/mol. The summed E-state index contributed by atoms with van der Waals surface area (Å²) in [6.45, 7) is 4.54. The summed E-state index contributed by atoms with van der Waals surface area (Å²) in [6, 6.07) is 26.2. The smallest absolute Gasteiger partial charge is 0.311 e. The van der Waals surface area contributed by atoms with Crippen molar-refractivity contribution < 1.29 is 29.3 Å². The number of esters is 2. The van der Waals surface area contributed by atoms with Crippen LogP contribution in [0.3, 0.4) is 0 Å². The van der Waals surface area contributed by atoms with Crippen LogP contribution in [0.1, 0.15) is 229 Å². The lowest BCUT2D eigenvalue weighted by molar-refractivity contribution is -0.137. The van der Waals surface area contributed by atoms with Gasteiger partial charge in [-0.2, -0.15) is 0 Å². The first-order valence-electron chi connectivity index (χ1n) is 27.9. The fraction of sp³-hybridized carbons (Fsp3) is 0.581. The Labute approximate surface area is 424 Å². The number of anilines is 2. The van der Waals surface area contributed by atoms with Gasteiger partial charge in [-0.25, -0.2) is 0 Å². The fourth-order valence-electron chi connectivity index (χ4n) is 8.98. The van der Waals surface area contributed by atoms with Gasteiger partial charge in [-0.05, 0) is 110 Å². The van der Waals surface area contributed by atoms with Gasteiger partial charge in [0.15, 0.2) is 23.0 Å². The topological polar surface area (TPSA) is 145 Å². The van der Waals surface area contributed by atoms with E-state index in [1.807, 2.05) is 66.7 Å². The Morgan fingerprint density at radius 3 is 1.19 bits per heavy atom. The largest absolute Gasteiger partial charge is 0.504 e. The van der Waals surface area contributed by atoms with Gasteiger partial charge in [0.2, 0.25) is 0 Å². The molecule has 388 valence electrons. The predicted octanol–water partition coefficient (Wildman–Crippen LogP) is 17.1. The van der Waals surface area contributed by atoms with Gasteiger partial charge < -0.3 is 31.2 Å². The van der Waals surface area contributed by atoms with Crippen molar-refractivity contribution in [1.29, 1.82) is 0 Å². The molecule has 0 aromatic heterocycles. The van der Waals surface area contributed by atoms with Crippen molar-refractivity contribution in [2.45, 2.75) is 232 Å². The molecule has 0 unspecified atom stereocenters. The molecule has 0 aliphatic carbocycles. The van der Waals surface area contributed by atoms with Gasteiger partial charge in [0.1, 0.15) is 0 Å². The third-order valence-electron chi connectivity index (χ3n) is 13.3. The number of nitrogen functional groups attached to an aromatic ring is 2. The number of phenolic OH excluding ortho intramolecular Hbond substituents is 2. The Balaban J connectivity index is 0.000000472. The normalized spacial score (nSPS) is 11.0. The molecule has 0 aliphatic heterocycles. The molecule has 0 amide bonds. The molecule has 4 rings (SSSR count). The number of unbranched alkanes of at least 4 members (excludes halogenated alkanes) is 24. The monoisotopic (exact) mass is 963 g/mol. The van der Waals surface area contributed by atoms with E-state index in [9.17, 15) is 19.8 Å². The Kier molecular flexibility index (Phi) is 32.8. The first-order valence-corrected chi connectivity index (χ1v) is 27.9. The number of para-hydroxylation sites is 2. The highest BCUT2D eigenvalue weighted by Crippen LogP contribution is 2.34. The predicted molar refractivity (Wildman–Crippen MR) is 294 cm³/mol. The van der Waals surface area contributed by atoms with Crippen molar-refractivity contribution >= 4 is 23.3 Å². The summed E-state index contributed by atoms with van der Waals surface area (Å²) in [7, 11) is 0. The van der Waals surface area contributed by atoms with Crippen LogP contribution in [0.25, 0.3) is 0 Å². The molecule has 4 aromatic rings. The first-order chi connectivity index (χ1) is 34.2. The maximum atomic E-state index is 13.0. The highest BCUT2D eigenvalue weighted by molar-refractivity contribution is 5.77. The Bertz CT molecular complexity index is 1950. The molecule has 0 saturated heterocycles. The highest BCUT2D eigenvalue weighted by Gasteiger charge is 2.18. The fourth-order valence-corrected chi connectivity index (χ4v) is 8.98. The number of hydrogen-bond donors (Lipinski definition) is 4. The van der Waals surface area contributed by atoms with Crippen molar-refractivity contribution in [3.8, 4) is 23.0 Å². The number of rotatable bonds is 38. The summed E-state index contributed by atoms with van der Waals surface area (Å²) >= 11 is 0. The minimum Gasteiger partial charge on any atom is -0.504 e. The summed E-state index contributed by atoms with van der Waals surface area (Å²) < 4.78 is 11.7. The van der Waals surface area contributed by atoms with Crippen LogP contribution in [-0.4, -0.2) is 22.2 Å². The number of nitrogens with two attached hydrogens (primary N) is 2. The van der Waals surface area contributed by atoms with Crippen LogP contribution in [0.5, 0.6) is 23.0 Å². The van der Waals surface area contributed by atoms with E-state index in [1.165, 1.54) is 154 Å². The van der Waals surface area contributed by atoms with E-state index in [-0.39, 0.29) is 36.3 Å². The van der Waals surface area contributed by atoms with Gasteiger partial charge in [-0.1, -0.05) is 216 Å². The van der Waals surface area contributed by atoms with Gasteiger partial charge >= 0.3 is 11.9 Å². The maximum Gasteiger partial charge on any atom is 0.311 e. The van der Waals surface area contributed by atoms with E-state index in [1.54, 1.807) is 12.1 Å². The number of ether oxygens (including phenoxy) is 2. The SMILES string of the molecule is CCCCCCCCCCCCCCCc1cccc(O)c1O.CCCCCCCCCCCCCCCc1cccc(OC(=O)CCCc2ccc(N)cc2)c1OC(=O)CCCc1ccc(N)cc1. The third kappa shape index (κ3) is 28.0. The number of phenols is 2. The second-order valence-corrected chi connectivity index (χ2v) is 19.7. The van der Waals surface area contributed by atoms with Crippen LogP contribution < -0.4 is 20.9 Å². The number of aromatic hydroxyl groups is 2. The average molecular weight is 963 g/mol. The van der Waals surface area contributed by atoms with Crippen molar-refractivity contribution in [3.05, 3.63) is 107 Å². The highest BCUT2D eigenvalue weighted by atomic mass is 16.6. The molecule has 8 heteroatoms. The Morgan fingerprint density at radius 2 is 0.757 bits per heavy atom. The van der Waals surface area contributed by atoms with E-state index in [4.69, 9.17) is 20.9 Å². The van der Waals surface area contributed by atoms with Gasteiger partial charge in [-0.15, -0.1) is 0 Å². The van der Waals surface area contributed by atoms with E-state index >= 15 is 0 Å². The molecule has 0 fully saturated rings. The van der Waals surface area contributed by atoms with Gasteiger partial charge in [-0.3, -0.25) is 9.59 Å². The molecular formula is C62H94N2O6. The van der Waals surface area contributed by atoms with Gasteiger partial charge in [0, 0.05) is 24.2 Å². The zero-order valence-corrected chi connectivity index (χ0v) is 43.8. The minimum absolute atomic E-state index is 0.00260. The number of hydrogen-bond acceptors (Lipinski definition) is 8. The van der Waals surface area contributed by atoms with Crippen LogP contribution in [0, 0.1) is 0 Å². The zero-order valence-electron chi connectivity index (χ0n) is 43.8. The van der Waals surface area contributed by atoms with Crippen LogP contribution >= 0.6 is 0 Å². The van der Waals surface area contributed by atoms with Gasteiger partial charge in [0.05, 0.1) is 0 Å². The maximum absolute atomic E-state index is 13.0. The lowest BCUT2D eigenvalue weighted by atomic mass is 10.0. The molecule has 8 nitrogen and oxygen atoms in total. The van der Waals surface area contributed by atoms with E-state index < -0.39 is 0 Å². The standard InChI is InChI=1S/C41H58N2O4.C21H36O2/c1-2-3-4-5-6-7-8-9-10-11-12-13-14-20-35-21-17-22-38(46-39(44)23-15-18-33-25-29-36(42)30-26-33)41(35)47-40(45)24-16-19-34-27-31-37(43)32-28-34;1-2-3-4-5-6-7-8-9-10-11-12-13-14-16-19-17-15-18-20(22)21(19)23/h17,21-22,25-32H,2-16,18-20,23-24,42-43H2,1H3;15,17-18,22-23H,2-14,16H2,1H3. The van der Waals surface area contributed by atoms with Gasteiger partial charge in [0.25, 0.3) is 0 Å². The number of carbonyl (C=O) groups excluding carboxylic acids is 2. The molecule has 0 radical (unpaired) electrons. The number of carbonyl (C=O) groups is 2. The third-order valence-corrected chi connectivity index (χ3v) is 13.3. The van der Waals surface area contributed by atoms with Crippen molar-refractivity contribution in [2.24, 2.45) is 0 Å². The summed E-state index contributed by atoms with van der Waals surface area (Å²) in [6.07, 6.45) is 39.3. The molecule has 70 heavy (non-hydrogen) atoms. The molecule has 0 spiro atoms. The first kappa shape index (κ1) is 59.3. The van der Waals surface area contributed by atoms with Crippen LogP contribution in [0.2, 0.25) is 0 Å². The number of aryl methyl sites for hydroxylation is 4. The zero-order chi connectivity index (χ0) is 50.3. The molecule has 4 aromatic carbocycles. The second kappa shape index (κ2) is 38.7. The lowest BCUT2D eigenvalue weighted by Crippen LogP contribution is -2.14. The molecule has 0 atom stereocenters. The second-order valence-electron chi connectivity index (χ2n) is 19.7. The number of benzene rings is 4. The Morgan fingerprint density at radius 1 is 0.400 bits per heavy atom. The quantitative estimate of drug-likeness (QED) is 0.0114. The van der Waals surface area contributed by atoms with Crippen molar-refractivity contribution in [3.63, 3.8) is 0 Å². The summed E-state index contributed by atoms with van der Waals surface area (Å²) in [5.74, 6) is 0.110. The van der Waals surface area contributed by atoms with Crippen LogP contribution in [-0.2, 0) is 35.3 Å². The summed E-state index contributed by atoms with van der Waals surface area (Å²) in [5.41, 5.74) is 17.0. The summed E-state index contributed by atoms with van der Waals surface area (Å²) in [5, 5.41) is 19.2. The van der Waals surface area contributed by atoms with Crippen molar-refractivity contribution in [1.82, 2.24) is 0 Å². The van der Waals surface area contributed by atoms with Crippen LogP contribution in [0.4, 0.5) is 11.4 Å². The van der Waals surface area contributed by atoms with E-state index in [0.29, 0.717) is 24.3 Å². The average Bonchev–Trinajstić information content (AvgIpc) is 3.35. The molecule has 0 heterocycles. The van der Waals surface area contributed by atoms with E-state index in [2.05, 4.69) is 13.8 Å². The minimum atomic E-state index is -0.334. The van der Waals surface area contributed by atoms with Crippen molar-refractivity contribution in [2.75, 3.05) is 11.5 Å².